The number of halogens is 4. The first kappa shape index (κ1) is 12.9. The van der Waals surface area contributed by atoms with E-state index < -0.39 is 11.6 Å². The van der Waals surface area contributed by atoms with E-state index in [-0.39, 0.29) is 10.0 Å². The molecular formula is C12H8Cl2F2N2. The second kappa shape index (κ2) is 5.00. The zero-order chi connectivity index (χ0) is 13.3. The van der Waals surface area contributed by atoms with Crippen LogP contribution < -0.4 is 11.1 Å². The normalized spacial score (nSPS) is 10.4. The van der Waals surface area contributed by atoms with Crippen LogP contribution in [-0.4, -0.2) is 0 Å². The van der Waals surface area contributed by atoms with E-state index in [4.69, 9.17) is 28.9 Å². The SMILES string of the molecule is Nc1ccc(F)cc1Nc1cc(Cl)c(F)c(Cl)c1. The van der Waals surface area contributed by atoms with Gasteiger partial charge in [0.2, 0.25) is 0 Å². The van der Waals surface area contributed by atoms with E-state index in [0.29, 0.717) is 17.1 Å². The van der Waals surface area contributed by atoms with Crippen molar-refractivity contribution in [3.05, 3.63) is 52.0 Å². The van der Waals surface area contributed by atoms with Crippen LogP contribution in [-0.2, 0) is 0 Å². The van der Waals surface area contributed by atoms with Crippen molar-refractivity contribution in [2.45, 2.75) is 0 Å². The van der Waals surface area contributed by atoms with Crippen LogP contribution in [0.2, 0.25) is 10.0 Å². The first-order chi connectivity index (χ1) is 8.47. The van der Waals surface area contributed by atoms with Gasteiger partial charge in [-0.1, -0.05) is 23.2 Å². The third-order valence-electron chi connectivity index (χ3n) is 2.28. The van der Waals surface area contributed by atoms with Gasteiger partial charge in [-0.05, 0) is 30.3 Å². The molecular weight excluding hydrogens is 281 g/mol. The predicted molar refractivity (Wildman–Crippen MR) is 70.5 cm³/mol. The zero-order valence-electron chi connectivity index (χ0n) is 8.98. The smallest absolute Gasteiger partial charge is 0.160 e. The van der Waals surface area contributed by atoms with Crippen molar-refractivity contribution in [2.75, 3.05) is 11.1 Å². The summed E-state index contributed by atoms with van der Waals surface area (Å²) < 4.78 is 26.3. The Kier molecular flexibility index (Phi) is 3.59. The van der Waals surface area contributed by atoms with Gasteiger partial charge in [-0.2, -0.15) is 0 Å². The average Bonchev–Trinajstić information content (AvgIpc) is 2.31. The van der Waals surface area contributed by atoms with E-state index >= 15 is 0 Å². The summed E-state index contributed by atoms with van der Waals surface area (Å²) in [5.74, 6) is -1.14. The van der Waals surface area contributed by atoms with E-state index in [9.17, 15) is 8.78 Å². The highest BCUT2D eigenvalue weighted by Gasteiger charge is 2.09. The van der Waals surface area contributed by atoms with Crippen LogP contribution in [0, 0.1) is 11.6 Å². The van der Waals surface area contributed by atoms with E-state index in [2.05, 4.69) is 5.32 Å². The summed E-state index contributed by atoms with van der Waals surface area (Å²) in [6.45, 7) is 0. The molecule has 0 spiro atoms. The van der Waals surface area contributed by atoms with Crippen molar-refractivity contribution in [1.29, 1.82) is 0 Å². The van der Waals surface area contributed by atoms with Crippen molar-refractivity contribution in [3.63, 3.8) is 0 Å². The maximum atomic E-state index is 13.2. The van der Waals surface area contributed by atoms with Crippen LogP contribution >= 0.6 is 23.2 Å². The van der Waals surface area contributed by atoms with Gasteiger partial charge in [-0.15, -0.1) is 0 Å². The Hall–Kier alpha value is -1.52. The highest BCUT2D eigenvalue weighted by atomic mass is 35.5. The fraction of sp³-hybridized carbons (Fsp3) is 0. The molecule has 0 aliphatic carbocycles. The molecule has 2 nitrogen and oxygen atoms in total. The molecule has 2 aromatic carbocycles. The Labute approximate surface area is 112 Å². The number of hydrogen-bond acceptors (Lipinski definition) is 2. The van der Waals surface area contributed by atoms with Crippen LogP contribution in [0.5, 0.6) is 0 Å². The highest BCUT2D eigenvalue weighted by Crippen LogP contribution is 2.30. The maximum Gasteiger partial charge on any atom is 0.160 e. The van der Waals surface area contributed by atoms with E-state index in [1.807, 2.05) is 0 Å². The quantitative estimate of drug-likeness (QED) is 0.626. The van der Waals surface area contributed by atoms with Gasteiger partial charge in [0.05, 0.1) is 21.4 Å². The van der Waals surface area contributed by atoms with Crippen molar-refractivity contribution < 1.29 is 8.78 Å². The molecule has 0 aromatic heterocycles. The molecule has 94 valence electrons. The van der Waals surface area contributed by atoms with E-state index in [1.54, 1.807) is 0 Å². The second-order valence-corrected chi connectivity index (χ2v) is 4.42. The molecule has 0 amide bonds. The lowest BCUT2D eigenvalue weighted by molar-refractivity contribution is 0.628. The Morgan fingerprint density at radius 1 is 1.00 bits per heavy atom. The first-order valence-corrected chi connectivity index (χ1v) is 5.69. The molecule has 0 unspecified atom stereocenters. The van der Waals surface area contributed by atoms with Crippen molar-refractivity contribution >= 4 is 40.3 Å². The lowest BCUT2D eigenvalue weighted by atomic mass is 10.2. The van der Waals surface area contributed by atoms with Crippen molar-refractivity contribution in [2.24, 2.45) is 0 Å². The van der Waals surface area contributed by atoms with Gasteiger partial charge >= 0.3 is 0 Å². The fourth-order valence-electron chi connectivity index (χ4n) is 1.42. The largest absolute Gasteiger partial charge is 0.397 e. The molecule has 0 heterocycles. The Balaban J connectivity index is 2.37. The minimum Gasteiger partial charge on any atom is -0.397 e. The molecule has 2 aromatic rings. The molecule has 0 saturated heterocycles. The van der Waals surface area contributed by atoms with Crippen molar-refractivity contribution in [3.8, 4) is 0 Å². The van der Waals surface area contributed by atoms with E-state index in [0.717, 1.165) is 0 Å². The van der Waals surface area contributed by atoms with Gasteiger partial charge < -0.3 is 11.1 Å². The Morgan fingerprint density at radius 2 is 1.61 bits per heavy atom. The third kappa shape index (κ3) is 2.66. The summed E-state index contributed by atoms with van der Waals surface area (Å²) in [7, 11) is 0. The zero-order valence-corrected chi connectivity index (χ0v) is 10.5. The highest BCUT2D eigenvalue weighted by molar-refractivity contribution is 6.35. The molecule has 0 fully saturated rings. The standard InChI is InChI=1S/C12H8Cl2F2N2/c13-8-4-7(5-9(14)12(8)16)18-11-3-6(15)1-2-10(11)17/h1-5,18H,17H2. The van der Waals surface area contributed by atoms with Crippen LogP contribution in [0.1, 0.15) is 0 Å². The van der Waals surface area contributed by atoms with Gasteiger partial charge in [0.1, 0.15) is 5.82 Å². The number of hydrogen-bond donors (Lipinski definition) is 2. The molecule has 2 rings (SSSR count). The summed E-state index contributed by atoms with van der Waals surface area (Å²) in [5.41, 5.74) is 6.80. The summed E-state index contributed by atoms with van der Waals surface area (Å²) in [4.78, 5) is 0. The second-order valence-electron chi connectivity index (χ2n) is 3.61. The van der Waals surface area contributed by atoms with Crippen molar-refractivity contribution in [1.82, 2.24) is 0 Å². The molecule has 0 saturated carbocycles. The van der Waals surface area contributed by atoms with Gasteiger partial charge in [0.15, 0.2) is 5.82 Å². The fourth-order valence-corrected chi connectivity index (χ4v) is 1.91. The first-order valence-electron chi connectivity index (χ1n) is 4.94. The number of anilines is 3. The number of benzene rings is 2. The van der Waals surface area contributed by atoms with Gasteiger partial charge in [-0.25, -0.2) is 8.78 Å². The monoisotopic (exact) mass is 288 g/mol. The molecule has 0 atom stereocenters. The number of nitrogens with one attached hydrogen (secondary N) is 1. The molecule has 6 heteroatoms. The van der Waals surface area contributed by atoms with Crippen LogP contribution in [0.3, 0.4) is 0 Å². The number of rotatable bonds is 2. The molecule has 18 heavy (non-hydrogen) atoms. The molecule has 0 aliphatic rings. The van der Waals surface area contributed by atoms with Gasteiger partial charge in [0, 0.05) is 5.69 Å². The molecule has 3 N–H and O–H groups in total. The lowest BCUT2D eigenvalue weighted by Crippen LogP contribution is -1.97. The number of nitrogens with two attached hydrogens (primary N) is 1. The third-order valence-corrected chi connectivity index (χ3v) is 2.83. The summed E-state index contributed by atoms with van der Waals surface area (Å²) >= 11 is 11.3. The van der Waals surface area contributed by atoms with Crippen LogP contribution in [0.4, 0.5) is 25.8 Å². The molecule has 0 bridgehead atoms. The molecule has 0 aliphatic heterocycles. The molecule has 0 radical (unpaired) electrons. The Bertz CT molecular complexity index is 580. The lowest BCUT2D eigenvalue weighted by Gasteiger charge is -2.10. The average molecular weight is 289 g/mol. The predicted octanol–water partition coefficient (Wildman–Crippen LogP) is 4.60. The Morgan fingerprint density at radius 3 is 2.22 bits per heavy atom. The van der Waals surface area contributed by atoms with Crippen LogP contribution in [0.25, 0.3) is 0 Å². The van der Waals surface area contributed by atoms with Gasteiger partial charge in [0.25, 0.3) is 0 Å². The minimum absolute atomic E-state index is 0.125. The maximum absolute atomic E-state index is 13.2. The summed E-state index contributed by atoms with van der Waals surface area (Å²) in [6, 6.07) is 6.57. The summed E-state index contributed by atoms with van der Waals surface area (Å²) in [5, 5.41) is 2.57. The summed E-state index contributed by atoms with van der Waals surface area (Å²) in [6.07, 6.45) is 0. The van der Waals surface area contributed by atoms with E-state index in [1.165, 1.54) is 30.3 Å². The van der Waals surface area contributed by atoms with Gasteiger partial charge in [-0.3, -0.25) is 0 Å². The minimum atomic E-state index is -0.698. The number of nitrogen functional groups attached to an aromatic ring is 1. The van der Waals surface area contributed by atoms with Crippen LogP contribution in [0.15, 0.2) is 30.3 Å². The topological polar surface area (TPSA) is 38.0 Å².